The van der Waals surface area contributed by atoms with Gasteiger partial charge >= 0.3 is 4.83 Å². The average molecular weight is 174 g/mol. The van der Waals surface area contributed by atoms with Gasteiger partial charge in [-0.15, -0.1) is 0 Å². The van der Waals surface area contributed by atoms with Gasteiger partial charge in [0.2, 0.25) is 0 Å². The first kappa shape index (κ1) is 6.81. The van der Waals surface area contributed by atoms with E-state index in [9.17, 15) is 13.6 Å². The van der Waals surface area contributed by atoms with Crippen LogP contribution >= 0.6 is 15.9 Å². The first-order valence-electron chi connectivity index (χ1n) is 1.31. The monoisotopic (exact) mass is 173 g/mol. The van der Waals surface area contributed by atoms with Crippen molar-refractivity contribution >= 4 is 21.8 Å². The number of halogens is 3. The Balaban J connectivity index is 3.79. The normalized spacial score (nSPS) is 11.3. The van der Waals surface area contributed by atoms with Crippen LogP contribution in [0.15, 0.2) is 0 Å². The Hall–Kier alpha value is -0.190. The fourth-order valence-corrected chi connectivity index (χ4v) is 0. The van der Waals surface area contributed by atoms with E-state index >= 15 is 0 Å². The van der Waals surface area contributed by atoms with Crippen LogP contribution in [0.4, 0.5) is 8.78 Å². The summed E-state index contributed by atoms with van der Waals surface area (Å²) in [6.45, 7) is 0. The van der Waals surface area contributed by atoms with E-state index in [1.165, 1.54) is 0 Å². The summed E-state index contributed by atoms with van der Waals surface area (Å²) in [5.41, 5.74) is 4.13. The molecule has 0 fully saturated rings. The molecule has 0 aromatic carbocycles. The molecule has 0 spiro atoms. The number of rotatable bonds is 1. The van der Waals surface area contributed by atoms with Crippen LogP contribution in [0, 0.1) is 0 Å². The number of nitrogens with two attached hydrogens (primary N) is 1. The van der Waals surface area contributed by atoms with E-state index in [0.29, 0.717) is 0 Å². The molecular formula is C2H2BrF2NO. The van der Waals surface area contributed by atoms with Gasteiger partial charge in [0.15, 0.2) is 0 Å². The molecule has 0 atom stereocenters. The summed E-state index contributed by atoms with van der Waals surface area (Å²) < 4.78 is 22.6. The zero-order chi connectivity index (χ0) is 6.08. The van der Waals surface area contributed by atoms with Gasteiger partial charge in [0.1, 0.15) is 0 Å². The van der Waals surface area contributed by atoms with Crippen molar-refractivity contribution in [3.63, 3.8) is 0 Å². The molecule has 1 amide bonds. The molecule has 0 aromatic heterocycles. The van der Waals surface area contributed by atoms with Crippen LogP contribution < -0.4 is 5.73 Å². The highest BCUT2D eigenvalue weighted by atomic mass is 79.9. The van der Waals surface area contributed by atoms with Crippen LogP contribution in [0.2, 0.25) is 0 Å². The van der Waals surface area contributed by atoms with Crippen molar-refractivity contribution in [3.8, 4) is 0 Å². The number of primary amides is 1. The standard InChI is InChI=1S/C2H2BrF2NO/c3-2(4,5)1(6)7/h(H2,6,7). The second-order valence-electron chi connectivity index (χ2n) is 0.862. The van der Waals surface area contributed by atoms with Gasteiger partial charge in [0.05, 0.1) is 0 Å². The maximum atomic E-state index is 11.3. The van der Waals surface area contributed by atoms with E-state index < -0.39 is 10.7 Å². The lowest BCUT2D eigenvalue weighted by Gasteiger charge is -1.98. The minimum Gasteiger partial charge on any atom is -0.364 e. The van der Waals surface area contributed by atoms with Gasteiger partial charge in [0, 0.05) is 15.9 Å². The third-order valence-electron chi connectivity index (χ3n) is 0.279. The van der Waals surface area contributed by atoms with E-state index in [2.05, 4.69) is 5.73 Å². The Kier molecular flexibility index (Phi) is 1.68. The van der Waals surface area contributed by atoms with E-state index in [0.717, 1.165) is 0 Å². The third kappa shape index (κ3) is 2.50. The minimum absolute atomic E-state index is 1.67. The van der Waals surface area contributed by atoms with Crippen molar-refractivity contribution < 1.29 is 13.6 Å². The quantitative estimate of drug-likeness (QED) is 0.576. The zero-order valence-corrected chi connectivity index (χ0v) is 4.71. The molecule has 2 nitrogen and oxygen atoms in total. The maximum absolute atomic E-state index is 11.3. The lowest BCUT2D eigenvalue weighted by Crippen LogP contribution is -2.28. The molecule has 0 aliphatic rings. The predicted molar refractivity (Wildman–Crippen MR) is 23.1 cm³/mol. The largest absolute Gasteiger partial charge is 0.377 e. The van der Waals surface area contributed by atoms with Crippen LogP contribution in [0.25, 0.3) is 0 Å². The van der Waals surface area contributed by atoms with Crippen molar-refractivity contribution in [3.05, 3.63) is 0 Å². The van der Waals surface area contributed by atoms with Gasteiger partial charge in [0.25, 0.3) is 5.91 Å². The van der Waals surface area contributed by atoms with Crippen LogP contribution in [0.5, 0.6) is 0 Å². The maximum Gasteiger partial charge on any atom is 0.377 e. The molecule has 0 aliphatic carbocycles. The smallest absolute Gasteiger partial charge is 0.364 e. The highest BCUT2D eigenvalue weighted by molar-refractivity contribution is 9.10. The van der Waals surface area contributed by atoms with E-state index in [-0.39, 0.29) is 0 Å². The Morgan fingerprint density at radius 1 is 1.71 bits per heavy atom. The Bertz CT molecular complexity index is 88.2. The van der Waals surface area contributed by atoms with Crippen molar-refractivity contribution in [2.75, 3.05) is 0 Å². The molecule has 0 bridgehead atoms. The molecule has 0 aliphatic heterocycles. The van der Waals surface area contributed by atoms with Gasteiger partial charge in [-0.05, 0) is 0 Å². The van der Waals surface area contributed by atoms with Gasteiger partial charge in [-0.3, -0.25) is 4.79 Å². The van der Waals surface area contributed by atoms with Crippen molar-refractivity contribution in [1.82, 2.24) is 0 Å². The van der Waals surface area contributed by atoms with Crippen molar-refractivity contribution in [1.29, 1.82) is 0 Å². The van der Waals surface area contributed by atoms with Crippen LogP contribution in [-0.4, -0.2) is 10.7 Å². The molecule has 0 heterocycles. The van der Waals surface area contributed by atoms with Gasteiger partial charge in [-0.2, -0.15) is 8.78 Å². The number of carbonyl (C=O) groups excluding carboxylic acids is 1. The second-order valence-corrected chi connectivity index (χ2v) is 1.86. The Labute approximate surface area is 46.8 Å². The number of hydrogen-bond donors (Lipinski definition) is 1. The molecule has 2 N–H and O–H groups in total. The summed E-state index contributed by atoms with van der Waals surface area (Å²) in [6, 6.07) is 0. The molecule has 0 aromatic rings. The molecule has 0 unspecified atom stereocenters. The third-order valence-corrected chi connectivity index (χ3v) is 0.670. The Morgan fingerprint density at radius 2 is 1.86 bits per heavy atom. The lowest BCUT2D eigenvalue weighted by molar-refractivity contribution is -0.130. The highest BCUT2D eigenvalue weighted by Gasteiger charge is 2.31. The number of carbonyl (C=O) groups is 1. The molecule has 7 heavy (non-hydrogen) atoms. The molecule has 0 radical (unpaired) electrons. The van der Waals surface area contributed by atoms with Crippen LogP contribution in [0.3, 0.4) is 0 Å². The molecule has 42 valence electrons. The van der Waals surface area contributed by atoms with Gasteiger partial charge in [-0.25, -0.2) is 0 Å². The fourth-order valence-electron chi connectivity index (χ4n) is 0. The minimum atomic E-state index is -3.55. The summed E-state index contributed by atoms with van der Waals surface area (Å²) in [6.07, 6.45) is 0. The summed E-state index contributed by atoms with van der Waals surface area (Å²) in [5, 5.41) is 0. The summed E-state index contributed by atoms with van der Waals surface area (Å²) in [4.78, 5) is 5.90. The SMILES string of the molecule is NC(=O)C(F)(F)Br. The van der Waals surface area contributed by atoms with E-state index in [1.807, 2.05) is 0 Å². The van der Waals surface area contributed by atoms with Crippen LogP contribution in [-0.2, 0) is 4.79 Å². The number of alkyl halides is 3. The zero-order valence-electron chi connectivity index (χ0n) is 3.12. The van der Waals surface area contributed by atoms with Crippen LogP contribution in [0.1, 0.15) is 0 Å². The fraction of sp³-hybridized carbons (Fsp3) is 0.500. The molecular weight excluding hydrogens is 172 g/mol. The first-order valence-corrected chi connectivity index (χ1v) is 2.10. The first-order chi connectivity index (χ1) is 2.94. The molecule has 0 rings (SSSR count). The summed E-state index contributed by atoms with van der Waals surface area (Å²) in [5.74, 6) is -1.67. The molecule has 5 heteroatoms. The number of hydrogen-bond acceptors (Lipinski definition) is 1. The lowest BCUT2D eigenvalue weighted by atomic mass is 10.7. The van der Waals surface area contributed by atoms with E-state index in [4.69, 9.17) is 0 Å². The second kappa shape index (κ2) is 1.73. The topological polar surface area (TPSA) is 43.1 Å². The highest BCUT2D eigenvalue weighted by Crippen LogP contribution is 2.19. The van der Waals surface area contributed by atoms with E-state index in [1.54, 1.807) is 15.9 Å². The average Bonchev–Trinajstić information content (AvgIpc) is 1.31. The Morgan fingerprint density at radius 3 is 1.86 bits per heavy atom. The molecule has 0 saturated carbocycles. The predicted octanol–water partition coefficient (Wildman–Crippen LogP) is 0.459. The van der Waals surface area contributed by atoms with Gasteiger partial charge in [-0.1, -0.05) is 0 Å². The number of amides is 1. The van der Waals surface area contributed by atoms with Crippen molar-refractivity contribution in [2.24, 2.45) is 5.73 Å². The summed E-state index contributed by atoms with van der Waals surface area (Å²) in [7, 11) is 0. The summed E-state index contributed by atoms with van der Waals surface area (Å²) >= 11 is 1.73. The molecule has 0 saturated heterocycles. The van der Waals surface area contributed by atoms with Crippen molar-refractivity contribution in [2.45, 2.75) is 4.83 Å². The van der Waals surface area contributed by atoms with Gasteiger partial charge < -0.3 is 5.73 Å².